The van der Waals surface area contributed by atoms with Crippen LogP contribution in [0.5, 0.6) is 0 Å². The van der Waals surface area contributed by atoms with Gasteiger partial charge in [-0.3, -0.25) is 0 Å². The van der Waals surface area contributed by atoms with Crippen molar-refractivity contribution in [2.45, 2.75) is 52.2 Å². The van der Waals surface area contributed by atoms with Gasteiger partial charge in [0.15, 0.2) is 0 Å². The van der Waals surface area contributed by atoms with Crippen molar-refractivity contribution in [1.29, 1.82) is 0 Å². The van der Waals surface area contributed by atoms with Crippen LogP contribution < -0.4 is 5.32 Å². The number of esters is 1. The number of carbonyl (C=O) groups is 2. The predicted molar refractivity (Wildman–Crippen MR) is 97.5 cm³/mol. The monoisotopic (exact) mass is 384 g/mol. The Morgan fingerprint density at radius 3 is 2.81 bits per heavy atom. The molecule has 2 rings (SSSR count). The summed E-state index contributed by atoms with van der Waals surface area (Å²) in [6, 6.07) is -0.0876. The largest absolute Gasteiger partial charge is 0.462 e. The molecule has 1 aliphatic heterocycles. The summed E-state index contributed by atoms with van der Waals surface area (Å²) >= 11 is 5.87. The number of anilines is 1. The Bertz CT molecular complexity index is 663. The maximum Gasteiger partial charge on any atom is 0.410 e. The van der Waals surface area contributed by atoms with Crippen molar-refractivity contribution < 1.29 is 19.1 Å². The van der Waals surface area contributed by atoms with Gasteiger partial charge in [-0.15, -0.1) is 0 Å². The van der Waals surface area contributed by atoms with Crippen LogP contribution in [0.3, 0.4) is 0 Å². The van der Waals surface area contributed by atoms with Crippen LogP contribution in [-0.4, -0.2) is 58.3 Å². The van der Waals surface area contributed by atoms with Gasteiger partial charge in [0.05, 0.1) is 6.61 Å². The quantitative estimate of drug-likeness (QED) is 0.629. The highest BCUT2D eigenvalue weighted by molar-refractivity contribution is 6.28. The van der Waals surface area contributed by atoms with E-state index in [9.17, 15) is 9.59 Å². The molecule has 26 heavy (non-hydrogen) atoms. The molecule has 0 aliphatic carbocycles. The van der Waals surface area contributed by atoms with Gasteiger partial charge in [-0.05, 0) is 52.1 Å². The summed E-state index contributed by atoms with van der Waals surface area (Å²) in [4.78, 5) is 34.0. The van der Waals surface area contributed by atoms with Crippen LogP contribution in [0.15, 0.2) is 6.20 Å². The van der Waals surface area contributed by atoms with E-state index in [1.54, 1.807) is 11.8 Å². The lowest BCUT2D eigenvalue weighted by atomic mass is 10.1. The Balaban J connectivity index is 2.09. The average molecular weight is 385 g/mol. The molecule has 0 aromatic carbocycles. The van der Waals surface area contributed by atoms with E-state index in [4.69, 9.17) is 21.1 Å². The molecule has 1 fully saturated rings. The van der Waals surface area contributed by atoms with Crippen molar-refractivity contribution in [3.8, 4) is 0 Å². The first-order valence-corrected chi connectivity index (χ1v) is 9.01. The summed E-state index contributed by atoms with van der Waals surface area (Å²) in [5.41, 5.74) is -0.333. The molecular formula is C17H25ClN4O4. The SMILES string of the molecule is CCOC(=O)c1cnc(Cl)nc1N[C@H]1CCCN(C(=O)OC(C)(C)C)C1. The summed E-state index contributed by atoms with van der Waals surface area (Å²) < 4.78 is 10.5. The van der Waals surface area contributed by atoms with Crippen molar-refractivity contribution in [3.05, 3.63) is 17.0 Å². The van der Waals surface area contributed by atoms with Crippen molar-refractivity contribution in [2.24, 2.45) is 0 Å². The Labute approximate surface area is 158 Å². The maximum atomic E-state index is 12.3. The number of ether oxygens (including phenoxy) is 2. The van der Waals surface area contributed by atoms with E-state index in [-0.39, 0.29) is 29.6 Å². The lowest BCUT2D eigenvalue weighted by molar-refractivity contribution is 0.0205. The fourth-order valence-corrected chi connectivity index (χ4v) is 2.74. The first-order chi connectivity index (χ1) is 12.2. The van der Waals surface area contributed by atoms with Gasteiger partial charge in [-0.25, -0.2) is 14.6 Å². The van der Waals surface area contributed by atoms with Gasteiger partial charge in [0, 0.05) is 25.3 Å². The summed E-state index contributed by atoms with van der Waals surface area (Å²) in [7, 11) is 0. The summed E-state index contributed by atoms with van der Waals surface area (Å²) in [5.74, 6) is -0.217. The van der Waals surface area contributed by atoms with Crippen LogP contribution in [-0.2, 0) is 9.47 Å². The van der Waals surface area contributed by atoms with Crippen LogP contribution in [0.2, 0.25) is 5.28 Å². The van der Waals surface area contributed by atoms with E-state index in [2.05, 4.69) is 15.3 Å². The molecule has 9 heteroatoms. The molecule has 1 aliphatic rings. The highest BCUT2D eigenvalue weighted by Crippen LogP contribution is 2.21. The minimum absolute atomic E-state index is 0.0281. The minimum Gasteiger partial charge on any atom is -0.462 e. The standard InChI is InChI=1S/C17H25ClN4O4/c1-5-25-14(23)12-9-19-15(18)21-13(12)20-11-7-6-8-22(10-11)16(24)26-17(2,3)4/h9,11H,5-8,10H2,1-4H3,(H,19,20,21)/t11-/m0/s1. The van der Waals surface area contributed by atoms with Gasteiger partial charge >= 0.3 is 12.1 Å². The third kappa shape index (κ3) is 5.72. The van der Waals surface area contributed by atoms with E-state index in [1.807, 2.05) is 20.8 Å². The van der Waals surface area contributed by atoms with Crippen LogP contribution in [0.25, 0.3) is 0 Å². The fourth-order valence-electron chi connectivity index (χ4n) is 2.61. The zero-order valence-electron chi connectivity index (χ0n) is 15.5. The van der Waals surface area contributed by atoms with Crippen LogP contribution in [0.4, 0.5) is 10.6 Å². The molecule has 0 bridgehead atoms. The third-order valence-electron chi connectivity index (χ3n) is 3.67. The number of amides is 1. The molecule has 144 valence electrons. The zero-order chi connectivity index (χ0) is 19.3. The molecule has 1 saturated heterocycles. The molecule has 0 unspecified atom stereocenters. The van der Waals surface area contributed by atoms with Crippen molar-refractivity contribution in [1.82, 2.24) is 14.9 Å². The summed E-state index contributed by atoms with van der Waals surface area (Å²) in [6.45, 7) is 8.54. The third-order valence-corrected chi connectivity index (χ3v) is 3.85. The topological polar surface area (TPSA) is 93.6 Å². The van der Waals surface area contributed by atoms with Gasteiger partial charge in [0.2, 0.25) is 5.28 Å². The van der Waals surface area contributed by atoms with Crippen molar-refractivity contribution in [3.63, 3.8) is 0 Å². The molecule has 0 radical (unpaired) electrons. The number of likely N-dealkylation sites (tertiary alicyclic amines) is 1. The van der Waals surface area contributed by atoms with Gasteiger partial charge in [0.25, 0.3) is 0 Å². The van der Waals surface area contributed by atoms with E-state index in [0.717, 1.165) is 12.8 Å². The van der Waals surface area contributed by atoms with Gasteiger partial charge in [-0.1, -0.05) is 0 Å². The van der Waals surface area contributed by atoms with Crippen molar-refractivity contribution >= 4 is 29.5 Å². The van der Waals surface area contributed by atoms with Gasteiger partial charge in [0.1, 0.15) is 17.0 Å². The van der Waals surface area contributed by atoms with Crippen LogP contribution in [0.1, 0.15) is 50.9 Å². The molecule has 2 heterocycles. The predicted octanol–water partition coefficient (Wildman–Crippen LogP) is 3.12. The smallest absolute Gasteiger partial charge is 0.410 e. The number of rotatable bonds is 4. The maximum absolute atomic E-state index is 12.3. The number of nitrogens with zero attached hydrogens (tertiary/aromatic N) is 3. The Kier molecular flexibility index (Phi) is 6.63. The second-order valence-electron chi connectivity index (χ2n) is 7.03. The van der Waals surface area contributed by atoms with Crippen LogP contribution >= 0.6 is 11.6 Å². The molecule has 1 atom stereocenters. The van der Waals surface area contributed by atoms with E-state index in [0.29, 0.717) is 18.9 Å². The number of nitrogens with one attached hydrogen (secondary N) is 1. The molecule has 8 nitrogen and oxygen atoms in total. The second-order valence-corrected chi connectivity index (χ2v) is 7.37. The number of hydrogen-bond donors (Lipinski definition) is 1. The average Bonchev–Trinajstić information content (AvgIpc) is 2.54. The van der Waals surface area contributed by atoms with Gasteiger partial charge in [-0.2, -0.15) is 4.98 Å². The molecule has 1 N–H and O–H groups in total. The Morgan fingerprint density at radius 2 is 2.15 bits per heavy atom. The van der Waals surface area contributed by atoms with E-state index < -0.39 is 11.6 Å². The number of aromatic nitrogens is 2. The van der Waals surface area contributed by atoms with E-state index >= 15 is 0 Å². The van der Waals surface area contributed by atoms with Crippen LogP contribution in [0, 0.1) is 0 Å². The number of hydrogen-bond acceptors (Lipinski definition) is 7. The molecule has 1 aromatic rings. The van der Waals surface area contributed by atoms with Gasteiger partial charge < -0.3 is 19.7 Å². The lowest BCUT2D eigenvalue weighted by Gasteiger charge is -2.34. The van der Waals surface area contributed by atoms with E-state index in [1.165, 1.54) is 6.20 Å². The first kappa shape index (κ1) is 20.2. The first-order valence-electron chi connectivity index (χ1n) is 8.63. The Morgan fingerprint density at radius 1 is 1.42 bits per heavy atom. The second kappa shape index (κ2) is 8.53. The summed E-state index contributed by atoms with van der Waals surface area (Å²) in [6.07, 6.45) is 2.62. The molecule has 0 spiro atoms. The highest BCUT2D eigenvalue weighted by Gasteiger charge is 2.28. The molecular weight excluding hydrogens is 360 g/mol. The number of piperidine rings is 1. The zero-order valence-corrected chi connectivity index (χ0v) is 16.3. The minimum atomic E-state index is -0.547. The Hall–Kier alpha value is -2.09. The lowest BCUT2D eigenvalue weighted by Crippen LogP contribution is -2.47. The normalized spacial score (nSPS) is 17.6. The molecule has 0 saturated carbocycles. The number of carbonyl (C=O) groups excluding carboxylic acids is 2. The molecule has 1 amide bonds. The number of halogens is 1. The summed E-state index contributed by atoms with van der Waals surface area (Å²) in [5, 5.41) is 3.22. The fraction of sp³-hybridized carbons (Fsp3) is 0.647. The van der Waals surface area contributed by atoms with Crippen molar-refractivity contribution in [2.75, 3.05) is 25.0 Å². The highest BCUT2D eigenvalue weighted by atomic mass is 35.5. The molecule has 1 aromatic heterocycles.